The molecule has 4 rings (SSSR count). The van der Waals surface area contributed by atoms with E-state index in [0.717, 1.165) is 24.1 Å². The fourth-order valence-electron chi connectivity index (χ4n) is 3.79. The Morgan fingerprint density at radius 2 is 2.15 bits per heavy atom. The Kier molecular flexibility index (Phi) is 4.66. The number of rotatable bonds is 3. The van der Waals surface area contributed by atoms with Crippen molar-refractivity contribution in [3.63, 3.8) is 0 Å². The molecule has 2 aliphatic rings. The van der Waals surface area contributed by atoms with Gasteiger partial charge in [0.2, 0.25) is 0 Å². The van der Waals surface area contributed by atoms with E-state index in [2.05, 4.69) is 20.4 Å². The van der Waals surface area contributed by atoms with Crippen molar-refractivity contribution in [2.75, 3.05) is 13.2 Å². The van der Waals surface area contributed by atoms with Gasteiger partial charge in [0.05, 0.1) is 12.7 Å². The van der Waals surface area contributed by atoms with Crippen LogP contribution >= 0.6 is 0 Å². The minimum atomic E-state index is -4.35. The summed E-state index contributed by atoms with van der Waals surface area (Å²) in [4.78, 5) is 8.61. The summed E-state index contributed by atoms with van der Waals surface area (Å²) < 4.78 is 45.9. The fourth-order valence-corrected chi connectivity index (χ4v) is 3.79. The highest BCUT2D eigenvalue weighted by molar-refractivity contribution is 5.48. The van der Waals surface area contributed by atoms with Crippen LogP contribution in [0.4, 0.5) is 13.2 Å². The monoisotopic (exact) mass is 367 g/mol. The van der Waals surface area contributed by atoms with Crippen LogP contribution < -0.4 is 5.32 Å². The first-order chi connectivity index (χ1) is 12.5. The summed E-state index contributed by atoms with van der Waals surface area (Å²) >= 11 is 0. The minimum absolute atomic E-state index is 0.0854. The third-order valence-electron chi connectivity index (χ3n) is 4.92. The molecule has 1 saturated carbocycles. The molecule has 2 aromatic heterocycles. The van der Waals surface area contributed by atoms with Gasteiger partial charge in [0, 0.05) is 24.7 Å². The van der Waals surface area contributed by atoms with Crippen molar-refractivity contribution in [3.05, 3.63) is 30.2 Å². The third kappa shape index (κ3) is 3.73. The Hall–Kier alpha value is -2.00. The highest BCUT2D eigenvalue weighted by Crippen LogP contribution is 2.35. The van der Waals surface area contributed by atoms with Crippen molar-refractivity contribution in [1.82, 2.24) is 25.1 Å². The molecule has 26 heavy (non-hydrogen) atoms. The predicted molar refractivity (Wildman–Crippen MR) is 87.4 cm³/mol. The first-order valence-electron chi connectivity index (χ1n) is 8.77. The van der Waals surface area contributed by atoms with Crippen LogP contribution in [0.15, 0.2) is 24.4 Å². The lowest BCUT2D eigenvalue weighted by molar-refractivity contribution is -0.143. The lowest BCUT2D eigenvalue weighted by Gasteiger charge is -2.39. The molecule has 6 nitrogen and oxygen atoms in total. The molecule has 0 aromatic carbocycles. The lowest BCUT2D eigenvalue weighted by Crippen LogP contribution is -2.51. The van der Waals surface area contributed by atoms with Crippen LogP contribution in [0, 0.1) is 0 Å². The number of hydrogen-bond acceptors (Lipinski definition) is 5. The smallest absolute Gasteiger partial charge is 0.375 e. The van der Waals surface area contributed by atoms with Crippen LogP contribution in [-0.2, 0) is 11.3 Å². The zero-order valence-corrected chi connectivity index (χ0v) is 14.1. The van der Waals surface area contributed by atoms with Gasteiger partial charge in [0.1, 0.15) is 18.1 Å². The van der Waals surface area contributed by atoms with Crippen LogP contribution in [0.2, 0.25) is 0 Å². The molecule has 0 bridgehead atoms. The van der Waals surface area contributed by atoms with E-state index in [1.807, 2.05) is 0 Å². The van der Waals surface area contributed by atoms with Crippen LogP contribution in [0.5, 0.6) is 0 Å². The molecule has 3 heterocycles. The van der Waals surface area contributed by atoms with Gasteiger partial charge in [-0.25, -0.2) is 9.67 Å². The van der Waals surface area contributed by atoms with E-state index in [0.29, 0.717) is 24.5 Å². The lowest BCUT2D eigenvalue weighted by atomic mass is 9.82. The fraction of sp³-hybridized carbons (Fsp3) is 0.588. The first-order valence-corrected chi connectivity index (χ1v) is 8.77. The second kappa shape index (κ2) is 6.96. The molecule has 2 aromatic rings. The van der Waals surface area contributed by atoms with Crippen molar-refractivity contribution in [2.24, 2.45) is 0 Å². The highest BCUT2D eigenvalue weighted by atomic mass is 19.4. The summed E-state index contributed by atoms with van der Waals surface area (Å²) in [6.45, 7) is 0.304. The standard InChI is InChI=1S/C17H20F3N5O/c18-17(19,20)10-25-16(23-15(24-25)12-3-1-2-6-21-12)11-4-5-14-13(9-11)22-7-8-26-14/h1-3,6,11,13-14,22H,4-5,7-10H2/t11-,13+,14+/m0/s1. The van der Waals surface area contributed by atoms with Gasteiger partial charge in [-0.1, -0.05) is 6.07 Å². The Balaban J connectivity index is 1.64. The minimum Gasteiger partial charge on any atom is -0.375 e. The maximum atomic E-state index is 13.0. The van der Waals surface area contributed by atoms with Crippen molar-refractivity contribution < 1.29 is 17.9 Å². The molecule has 0 unspecified atom stereocenters. The third-order valence-corrected chi connectivity index (χ3v) is 4.92. The Morgan fingerprint density at radius 1 is 1.27 bits per heavy atom. The zero-order valence-electron chi connectivity index (χ0n) is 14.1. The van der Waals surface area contributed by atoms with Crippen molar-refractivity contribution in [3.8, 4) is 11.5 Å². The molecule has 1 aliphatic heterocycles. The summed E-state index contributed by atoms with van der Waals surface area (Å²) in [7, 11) is 0. The number of hydrogen-bond donors (Lipinski definition) is 1. The number of alkyl halides is 3. The molecule has 0 amide bonds. The van der Waals surface area contributed by atoms with Gasteiger partial charge in [0.25, 0.3) is 0 Å². The van der Waals surface area contributed by atoms with Gasteiger partial charge >= 0.3 is 6.18 Å². The average Bonchev–Trinajstić information content (AvgIpc) is 3.04. The van der Waals surface area contributed by atoms with E-state index in [4.69, 9.17) is 4.74 Å². The molecule has 1 saturated heterocycles. The quantitative estimate of drug-likeness (QED) is 0.903. The van der Waals surface area contributed by atoms with Crippen LogP contribution in [-0.4, -0.2) is 51.2 Å². The molecular formula is C17H20F3N5O. The van der Waals surface area contributed by atoms with Crippen LogP contribution in [0.3, 0.4) is 0 Å². The van der Waals surface area contributed by atoms with Crippen LogP contribution in [0.25, 0.3) is 11.5 Å². The highest BCUT2D eigenvalue weighted by Gasteiger charge is 2.38. The second-order valence-corrected chi connectivity index (χ2v) is 6.76. The summed E-state index contributed by atoms with van der Waals surface area (Å²) in [5, 5.41) is 7.53. The van der Waals surface area contributed by atoms with E-state index in [1.54, 1.807) is 24.4 Å². The molecule has 0 spiro atoms. The van der Waals surface area contributed by atoms with E-state index < -0.39 is 12.7 Å². The summed E-state index contributed by atoms with van der Waals surface area (Å²) in [6.07, 6.45) is -0.403. The largest absolute Gasteiger partial charge is 0.408 e. The Bertz CT molecular complexity index is 749. The molecule has 140 valence electrons. The molecule has 1 N–H and O–H groups in total. The van der Waals surface area contributed by atoms with Gasteiger partial charge in [0.15, 0.2) is 5.82 Å². The van der Waals surface area contributed by atoms with Gasteiger partial charge in [-0.2, -0.15) is 13.2 Å². The van der Waals surface area contributed by atoms with E-state index >= 15 is 0 Å². The number of fused-ring (bicyclic) bond motifs is 1. The van der Waals surface area contributed by atoms with Gasteiger partial charge in [-0.3, -0.25) is 4.98 Å². The van der Waals surface area contributed by atoms with Crippen molar-refractivity contribution in [2.45, 2.75) is 50.0 Å². The predicted octanol–water partition coefficient (Wildman–Crippen LogP) is 2.53. The van der Waals surface area contributed by atoms with Crippen molar-refractivity contribution in [1.29, 1.82) is 0 Å². The van der Waals surface area contributed by atoms with E-state index in [9.17, 15) is 13.2 Å². The Morgan fingerprint density at radius 3 is 2.92 bits per heavy atom. The SMILES string of the molecule is FC(F)(F)Cn1nc(-c2ccccn2)nc1[C@H]1CC[C@H]2OCCN[C@@H]2C1. The molecule has 2 fully saturated rings. The number of nitrogens with one attached hydrogen (secondary N) is 1. The van der Waals surface area contributed by atoms with Crippen LogP contribution in [0.1, 0.15) is 31.0 Å². The van der Waals surface area contributed by atoms with E-state index in [1.165, 1.54) is 0 Å². The first kappa shape index (κ1) is 17.4. The topological polar surface area (TPSA) is 64.9 Å². The normalized spacial score (nSPS) is 26.5. The number of aromatic nitrogens is 4. The van der Waals surface area contributed by atoms with Crippen molar-refractivity contribution >= 4 is 0 Å². The van der Waals surface area contributed by atoms with Gasteiger partial charge in [-0.05, 0) is 31.4 Å². The maximum absolute atomic E-state index is 13.0. The maximum Gasteiger partial charge on any atom is 0.408 e. The number of halogens is 3. The zero-order chi connectivity index (χ0) is 18.1. The van der Waals surface area contributed by atoms with Gasteiger partial charge in [-0.15, -0.1) is 5.10 Å². The molecule has 0 radical (unpaired) electrons. The second-order valence-electron chi connectivity index (χ2n) is 6.76. The molecular weight excluding hydrogens is 347 g/mol. The number of pyridine rings is 1. The number of nitrogens with zero attached hydrogens (tertiary/aromatic N) is 4. The number of ether oxygens (including phenoxy) is 1. The summed E-state index contributed by atoms with van der Waals surface area (Å²) in [5.41, 5.74) is 0.475. The average molecular weight is 367 g/mol. The van der Waals surface area contributed by atoms with E-state index in [-0.39, 0.29) is 23.9 Å². The molecule has 1 aliphatic carbocycles. The number of morpholine rings is 1. The molecule has 3 atom stereocenters. The summed E-state index contributed by atoms with van der Waals surface area (Å²) in [6, 6.07) is 5.36. The van der Waals surface area contributed by atoms with Gasteiger partial charge < -0.3 is 10.1 Å². The molecule has 9 heteroatoms. The Labute approximate surface area is 148 Å². The summed E-state index contributed by atoms with van der Waals surface area (Å²) in [5.74, 6) is 0.534.